The highest BCUT2D eigenvalue weighted by Gasteiger charge is 2.19. The molecule has 0 bridgehead atoms. The monoisotopic (exact) mass is 284 g/mol. The van der Waals surface area contributed by atoms with E-state index in [4.69, 9.17) is 16.7 Å². The molecule has 0 aliphatic carbocycles. The number of halogens is 1. The number of hydrogen-bond acceptors (Lipinski definition) is 6. The zero-order valence-corrected chi connectivity index (χ0v) is 11.4. The third kappa shape index (κ3) is 3.40. The highest BCUT2D eigenvalue weighted by Crippen LogP contribution is 2.22. The number of carbonyl (C=O) groups excluding carboxylic acids is 1. The van der Waals surface area contributed by atoms with E-state index >= 15 is 0 Å². The molecule has 0 unspecified atom stereocenters. The topological polar surface area (TPSA) is 69.6 Å². The molecule has 6 nitrogen and oxygen atoms in total. The quantitative estimate of drug-likeness (QED) is 0.639. The van der Waals surface area contributed by atoms with Gasteiger partial charge in [0.2, 0.25) is 0 Å². The number of carbonyl (C=O) groups is 1. The zero-order valence-electron chi connectivity index (χ0n) is 10.6. The van der Waals surface area contributed by atoms with Crippen molar-refractivity contribution in [3.05, 3.63) is 17.0 Å². The van der Waals surface area contributed by atoms with E-state index in [0.29, 0.717) is 24.2 Å². The first-order valence-corrected chi connectivity index (χ1v) is 6.68. The van der Waals surface area contributed by atoms with Crippen LogP contribution in [0.5, 0.6) is 0 Å². The van der Waals surface area contributed by atoms with E-state index in [2.05, 4.69) is 19.8 Å². The van der Waals surface area contributed by atoms with Gasteiger partial charge in [0.1, 0.15) is 17.3 Å². The number of hydrogen-bond donors (Lipinski definition) is 1. The molecule has 104 valence electrons. The van der Waals surface area contributed by atoms with Gasteiger partial charge in [-0.2, -0.15) is 0 Å². The third-order valence-electron chi connectivity index (χ3n) is 3.24. The molecular weight excluding hydrogens is 268 g/mol. The van der Waals surface area contributed by atoms with Crippen molar-refractivity contribution in [3.8, 4) is 0 Å². The maximum Gasteiger partial charge on any atom is 0.156 e. The van der Waals surface area contributed by atoms with E-state index < -0.39 is 0 Å². The fourth-order valence-corrected chi connectivity index (χ4v) is 2.44. The van der Waals surface area contributed by atoms with Crippen LogP contribution < -0.4 is 4.90 Å². The summed E-state index contributed by atoms with van der Waals surface area (Å²) in [6.45, 7) is 4.19. The molecule has 1 N–H and O–H groups in total. The third-order valence-corrected chi connectivity index (χ3v) is 3.54. The van der Waals surface area contributed by atoms with Gasteiger partial charge in [-0.05, 0) is 13.0 Å². The maximum atomic E-state index is 11.1. The molecule has 0 saturated carbocycles. The summed E-state index contributed by atoms with van der Waals surface area (Å²) in [4.78, 5) is 23.4. The second-order valence-corrected chi connectivity index (χ2v) is 4.78. The van der Waals surface area contributed by atoms with Gasteiger partial charge in [0.05, 0.1) is 12.2 Å². The van der Waals surface area contributed by atoms with E-state index in [-0.39, 0.29) is 11.8 Å². The van der Waals surface area contributed by atoms with Crippen LogP contribution in [0.15, 0.2) is 6.33 Å². The van der Waals surface area contributed by atoms with Gasteiger partial charge in [-0.3, -0.25) is 9.69 Å². The number of β-amino-alcohol motifs (C(OH)–C–C–N with tert-alkyl or cyclic N) is 1. The molecule has 1 aliphatic rings. The Morgan fingerprint density at radius 1 is 1.32 bits per heavy atom. The lowest BCUT2D eigenvalue weighted by Crippen LogP contribution is -2.33. The van der Waals surface area contributed by atoms with Gasteiger partial charge in [0.15, 0.2) is 6.29 Å². The van der Waals surface area contributed by atoms with Crippen LogP contribution in [0.2, 0.25) is 5.15 Å². The van der Waals surface area contributed by atoms with Crippen molar-refractivity contribution in [2.24, 2.45) is 0 Å². The molecule has 2 rings (SSSR count). The van der Waals surface area contributed by atoms with Crippen LogP contribution in [0.3, 0.4) is 0 Å². The second kappa shape index (κ2) is 6.79. The van der Waals surface area contributed by atoms with Gasteiger partial charge < -0.3 is 10.0 Å². The fourth-order valence-electron chi connectivity index (χ4n) is 2.27. The Hall–Kier alpha value is -1.24. The number of rotatable bonds is 4. The van der Waals surface area contributed by atoms with Crippen molar-refractivity contribution in [3.63, 3.8) is 0 Å². The summed E-state index contributed by atoms with van der Waals surface area (Å²) in [7, 11) is 0. The van der Waals surface area contributed by atoms with Crippen LogP contribution >= 0.6 is 11.6 Å². The van der Waals surface area contributed by atoms with Crippen molar-refractivity contribution in [2.45, 2.75) is 6.42 Å². The van der Waals surface area contributed by atoms with Crippen molar-refractivity contribution >= 4 is 23.7 Å². The molecule has 0 amide bonds. The van der Waals surface area contributed by atoms with Crippen LogP contribution in [0.4, 0.5) is 5.82 Å². The molecule has 1 aromatic heterocycles. The summed E-state index contributed by atoms with van der Waals surface area (Å²) in [5, 5.41) is 9.16. The number of aliphatic hydroxyl groups is 1. The molecule has 7 heteroatoms. The fraction of sp³-hybridized carbons (Fsp3) is 0.583. The summed E-state index contributed by atoms with van der Waals surface area (Å²) in [6.07, 6.45) is 3.04. The van der Waals surface area contributed by atoms with Crippen molar-refractivity contribution in [1.29, 1.82) is 0 Å². The van der Waals surface area contributed by atoms with E-state index in [0.717, 1.165) is 32.6 Å². The molecule has 1 aliphatic heterocycles. The van der Waals surface area contributed by atoms with E-state index in [9.17, 15) is 4.79 Å². The molecule has 19 heavy (non-hydrogen) atoms. The van der Waals surface area contributed by atoms with Crippen molar-refractivity contribution < 1.29 is 9.90 Å². The Balaban J connectivity index is 2.14. The Kier molecular flexibility index (Phi) is 5.07. The first-order chi connectivity index (χ1) is 9.26. The first kappa shape index (κ1) is 14.2. The minimum absolute atomic E-state index is 0.166. The van der Waals surface area contributed by atoms with Crippen LogP contribution in [-0.4, -0.2) is 65.6 Å². The van der Waals surface area contributed by atoms with Gasteiger partial charge in [-0.25, -0.2) is 9.97 Å². The van der Waals surface area contributed by atoms with Gasteiger partial charge >= 0.3 is 0 Å². The predicted octanol–water partition coefficient (Wildman–Crippen LogP) is 0.447. The van der Waals surface area contributed by atoms with E-state index in [1.807, 2.05) is 0 Å². The molecule has 0 radical (unpaired) electrons. The average Bonchev–Trinajstić information content (AvgIpc) is 2.64. The summed E-state index contributed by atoms with van der Waals surface area (Å²) in [5.41, 5.74) is 0.347. The van der Waals surface area contributed by atoms with Gasteiger partial charge in [0.25, 0.3) is 0 Å². The van der Waals surface area contributed by atoms with Crippen LogP contribution in [0, 0.1) is 0 Å². The largest absolute Gasteiger partial charge is 0.395 e. The molecule has 0 aromatic carbocycles. The molecule has 1 saturated heterocycles. The standard InChI is InChI=1S/C12H17ClN4O2/c13-11-10(8-19)12(15-9-14-11)17-3-1-2-16(4-5-17)6-7-18/h8-9,18H,1-7H2. The molecule has 2 heterocycles. The normalized spacial score (nSPS) is 17.3. The number of anilines is 1. The Morgan fingerprint density at radius 2 is 2.16 bits per heavy atom. The summed E-state index contributed by atoms with van der Waals surface area (Å²) in [5.74, 6) is 0.598. The number of aromatic nitrogens is 2. The smallest absolute Gasteiger partial charge is 0.156 e. The van der Waals surface area contributed by atoms with Crippen molar-refractivity contribution in [2.75, 3.05) is 44.2 Å². The molecule has 1 fully saturated rings. The van der Waals surface area contributed by atoms with Crippen LogP contribution in [0.25, 0.3) is 0 Å². The zero-order chi connectivity index (χ0) is 13.7. The van der Waals surface area contributed by atoms with E-state index in [1.54, 1.807) is 0 Å². The minimum Gasteiger partial charge on any atom is -0.395 e. The summed E-state index contributed by atoms with van der Waals surface area (Å²) in [6, 6.07) is 0. The first-order valence-electron chi connectivity index (χ1n) is 6.30. The molecule has 0 spiro atoms. The molecular formula is C12H17ClN4O2. The van der Waals surface area contributed by atoms with Crippen LogP contribution in [0.1, 0.15) is 16.8 Å². The Morgan fingerprint density at radius 3 is 2.89 bits per heavy atom. The number of nitrogens with zero attached hydrogens (tertiary/aromatic N) is 4. The lowest BCUT2D eigenvalue weighted by atomic mass is 10.3. The molecule has 1 aromatic rings. The van der Waals surface area contributed by atoms with Crippen molar-refractivity contribution in [1.82, 2.24) is 14.9 Å². The number of aldehydes is 1. The maximum absolute atomic E-state index is 11.1. The molecule has 0 atom stereocenters. The second-order valence-electron chi connectivity index (χ2n) is 4.43. The SMILES string of the molecule is O=Cc1c(Cl)ncnc1N1CCCN(CCO)CC1. The average molecular weight is 285 g/mol. The lowest BCUT2D eigenvalue weighted by molar-refractivity contribution is 0.112. The summed E-state index contributed by atoms with van der Waals surface area (Å²) >= 11 is 5.92. The van der Waals surface area contributed by atoms with Gasteiger partial charge in [-0.15, -0.1) is 0 Å². The minimum atomic E-state index is 0.166. The Labute approximate surface area is 117 Å². The van der Waals surface area contributed by atoms with Gasteiger partial charge in [0, 0.05) is 26.2 Å². The predicted molar refractivity (Wildman–Crippen MR) is 72.8 cm³/mol. The summed E-state index contributed by atoms with van der Waals surface area (Å²) < 4.78 is 0. The number of aliphatic hydroxyl groups excluding tert-OH is 1. The lowest BCUT2D eigenvalue weighted by Gasteiger charge is -2.23. The highest BCUT2D eigenvalue weighted by atomic mass is 35.5. The van der Waals surface area contributed by atoms with E-state index in [1.165, 1.54) is 6.33 Å². The Bertz CT molecular complexity index is 444. The van der Waals surface area contributed by atoms with Gasteiger partial charge in [-0.1, -0.05) is 11.6 Å². The highest BCUT2D eigenvalue weighted by molar-refractivity contribution is 6.32. The van der Waals surface area contributed by atoms with Crippen LogP contribution in [-0.2, 0) is 0 Å².